The van der Waals surface area contributed by atoms with E-state index in [-0.39, 0.29) is 23.8 Å². The van der Waals surface area contributed by atoms with E-state index in [0.29, 0.717) is 13.0 Å². The van der Waals surface area contributed by atoms with Gasteiger partial charge in [-0.3, -0.25) is 4.79 Å². The fourth-order valence-electron chi connectivity index (χ4n) is 2.15. The van der Waals surface area contributed by atoms with Gasteiger partial charge in [-0.05, 0) is 26.7 Å². The zero-order chi connectivity index (χ0) is 13.9. The first kappa shape index (κ1) is 14.8. The first-order valence-electron chi connectivity index (χ1n) is 6.45. The zero-order valence-corrected chi connectivity index (χ0v) is 11.9. The first-order chi connectivity index (χ1) is 8.19. The average Bonchev–Trinajstić information content (AvgIpc) is 2.57. The van der Waals surface area contributed by atoms with Crippen molar-refractivity contribution in [2.24, 2.45) is 11.8 Å². The van der Waals surface area contributed by atoms with Gasteiger partial charge in [0.1, 0.15) is 5.60 Å². The molecule has 0 aromatic carbocycles. The molecular weight excluding hydrogens is 232 g/mol. The molecule has 2 N–H and O–H groups in total. The molecule has 2 atom stereocenters. The summed E-state index contributed by atoms with van der Waals surface area (Å²) in [5.74, 6) is 0.455. The minimum absolute atomic E-state index is 0.0428. The van der Waals surface area contributed by atoms with E-state index in [0.717, 1.165) is 0 Å². The summed E-state index contributed by atoms with van der Waals surface area (Å²) in [5, 5.41) is 5.68. The Morgan fingerprint density at radius 1 is 1.44 bits per heavy atom. The van der Waals surface area contributed by atoms with Crippen molar-refractivity contribution in [3.05, 3.63) is 0 Å². The highest BCUT2D eigenvalue weighted by Gasteiger charge is 2.33. The number of carbonyl (C=O) groups excluding carboxylic acids is 2. The molecule has 18 heavy (non-hydrogen) atoms. The Morgan fingerprint density at radius 2 is 2.06 bits per heavy atom. The lowest BCUT2D eigenvalue weighted by atomic mass is 9.90. The molecule has 1 rings (SSSR count). The van der Waals surface area contributed by atoms with E-state index in [1.165, 1.54) is 0 Å². The summed E-state index contributed by atoms with van der Waals surface area (Å²) < 4.78 is 5.25. The van der Waals surface area contributed by atoms with Gasteiger partial charge in [-0.25, -0.2) is 4.79 Å². The van der Waals surface area contributed by atoms with E-state index >= 15 is 0 Å². The molecule has 0 aromatic heterocycles. The fraction of sp³-hybridized carbons (Fsp3) is 0.846. The van der Waals surface area contributed by atoms with Crippen molar-refractivity contribution in [1.82, 2.24) is 10.6 Å². The number of amides is 2. The van der Waals surface area contributed by atoms with Gasteiger partial charge in [-0.2, -0.15) is 0 Å². The van der Waals surface area contributed by atoms with Crippen molar-refractivity contribution >= 4 is 12.0 Å². The van der Waals surface area contributed by atoms with Crippen LogP contribution in [0, 0.1) is 11.8 Å². The summed E-state index contributed by atoms with van der Waals surface area (Å²) in [6.07, 6.45) is 0.0547. The number of rotatable bonds is 3. The number of ether oxygens (including phenoxy) is 1. The SMILES string of the molecule is CC(C)C(NC(=O)OC(C)(C)C)C1CNC(=O)C1. The molecule has 0 saturated carbocycles. The predicted octanol–water partition coefficient (Wildman–Crippen LogP) is 1.67. The second-order valence-corrected chi connectivity index (χ2v) is 6.18. The van der Waals surface area contributed by atoms with E-state index in [1.807, 2.05) is 34.6 Å². The van der Waals surface area contributed by atoms with E-state index < -0.39 is 11.7 Å². The molecule has 5 heteroatoms. The number of alkyl carbamates (subject to hydrolysis) is 1. The second-order valence-electron chi connectivity index (χ2n) is 6.18. The van der Waals surface area contributed by atoms with Crippen molar-refractivity contribution in [1.29, 1.82) is 0 Å². The molecule has 0 aliphatic carbocycles. The molecule has 5 nitrogen and oxygen atoms in total. The first-order valence-corrected chi connectivity index (χ1v) is 6.45. The normalized spacial score (nSPS) is 21.7. The summed E-state index contributed by atoms with van der Waals surface area (Å²) in [6, 6.07) is -0.0428. The molecule has 2 unspecified atom stereocenters. The van der Waals surface area contributed by atoms with E-state index in [4.69, 9.17) is 4.74 Å². The minimum atomic E-state index is -0.505. The highest BCUT2D eigenvalue weighted by atomic mass is 16.6. The van der Waals surface area contributed by atoms with Crippen LogP contribution < -0.4 is 10.6 Å². The van der Waals surface area contributed by atoms with Crippen LogP contribution in [-0.2, 0) is 9.53 Å². The third-order valence-corrected chi connectivity index (χ3v) is 2.92. The van der Waals surface area contributed by atoms with Crippen molar-refractivity contribution in [2.75, 3.05) is 6.54 Å². The quantitative estimate of drug-likeness (QED) is 0.807. The zero-order valence-electron chi connectivity index (χ0n) is 11.9. The van der Waals surface area contributed by atoms with E-state index in [9.17, 15) is 9.59 Å². The number of nitrogens with one attached hydrogen (secondary N) is 2. The van der Waals surface area contributed by atoms with Gasteiger partial charge >= 0.3 is 6.09 Å². The Hall–Kier alpha value is -1.26. The smallest absolute Gasteiger partial charge is 0.407 e. The standard InChI is InChI=1S/C13H24N2O3/c1-8(2)11(9-6-10(16)14-7-9)15-12(17)18-13(3,4)5/h8-9,11H,6-7H2,1-5H3,(H,14,16)(H,15,17). The van der Waals surface area contributed by atoms with Gasteiger partial charge in [0.05, 0.1) is 0 Å². The monoisotopic (exact) mass is 256 g/mol. The molecule has 0 spiro atoms. The molecule has 0 radical (unpaired) electrons. The highest BCUT2D eigenvalue weighted by Crippen LogP contribution is 2.20. The van der Waals surface area contributed by atoms with Gasteiger partial charge in [0, 0.05) is 24.9 Å². The van der Waals surface area contributed by atoms with Crippen LogP contribution in [-0.4, -0.2) is 30.2 Å². The van der Waals surface area contributed by atoms with Gasteiger partial charge in [0.25, 0.3) is 0 Å². The molecule has 1 aliphatic rings. The Bertz CT molecular complexity index is 321. The molecule has 1 fully saturated rings. The van der Waals surface area contributed by atoms with Gasteiger partial charge < -0.3 is 15.4 Å². The molecular formula is C13H24N2O3. The maximum Gasteiger partial charge on any atom is 0.407 e. The van der Waals surface area contributed by atoms with Crippen molar-refractivity contribution in [3.63, 3.8) is 0 Å². The summed E-state index contributed by atoms with van der Waals surface area (Å²) in [5.41, 5.74) is -0.505. The predicted molar refractivity (Wildman–Crippen MR) is 69.1 cm³/mol. The average molecular weight is 256 g/mol. The van der Waals surface area contributed by atoms with Crippen LogP contribution in [0.1, 0.15) is 41.0 Å². The lowest BCUT2D eigenvalue weighted by Crippen LogP contribution is -2.46. The van der Waals surface area contributed by atoms with Crippen LogP contribution in [0.3, 0.4) is 0 Å². The van der Waals surface area contributed by atoms with Gasteiger partial charge in [0.2, 0.25) is 5.91 Å². The summed E-state index contributed by atoms with van der Waals surface area (Å²) in [7, 11) is 0. The highest BCUT2D eigenvalue weighted by molar-refractivity contribution is 5.78. The minimum Gasteiger partial charge on any atom is -0.444 e. The molecule has 104 valence electrons. The van der Waals surface area contributed by atoms with Crippen molar-refractivity contribution in [2.45, 2.75) is 52.7 Å². The topological polar surface area (TPSA) is 67.4 Å². The summed E-state index contributed by atoms with van der Waals surface area (Å²) in [6.45, 7) is 10.2. The lowest BCUT2D eigenvalue weighted by Gasteiger charge is -2.29. The Balaban J connectivity index is 2.58. The van der Waals surface area contributed by atoms with Crippen molar-refractivity contribution < 1.29 is 14.3 Å². The summed E-state index contributed by atoms with van der Waals surface area (Å²) in [4.78, 5) is 23.0. The van der Waals surface area contributed by atoms with Gasteiger partial charge in [-0.1, -0.05) is 13.8 Å². The Kier molecular flexibility index (Phi) is 4.59. The maximum absolute atomic E-state index is 11.8. The Morgan fingerprint density at radius 3 is 2.44 bits per heavy atom. The molecule has 2 amide bonds. The van der Waals surface area contributed by atoms with Crippen LogP contribution in [0.25, 0.3) is 0 Å². The van der Waals surface area contributed by atoms with Crippen LogP contribution in [0.2, 0.25) is 0 Å². The maximum atomic E-state index is 11.8. The molecule has 1 aliphatic heterocycles. The largest absolute Gasteiger partial charge is 0.444 e. The van der Waals surface area contributed by atoms with Crippen LogP contribution in [0.15, 0.2) is 0 Å². The van der Waals surface area contributed by atoms with Crippen molar-refractivity contribution in [3.8, 4) is 0 Å². The van der Waals surface area contributed by atoms with Gasteiger partial charge in [-0.15, -0.1) is 0 Å². The molecule has 0 aromatic rings. The van der Waals surface area contributed by atoms with Crippen LogP contribution in [0.4, 0.5) is 4.79 Å². The van der Waals surface area contributed by atoms with Crippen LogP contribution >= 0.6 is 0 Å². The number of hydrogen-bond donors (Lipinski definition) is 2. The summed E-state index contributed by atoms with van der Waals surface area (Å²) >= 11 is 0. The third-order valence-electron chi connectivity index (χ3n) is 2.92. The van der Waals surface area contributed by atoms with Crippen LogP contribution in [0.5, 0.6) is 0 Å². The Labute approximate surface area is 109 Å². The molecule has 1 saturated heterocycles. The molecule has 0 bridgehead atoms. The van der Waals surface area contributed by atoms with E-state index in [1.54, 1.807) is 0 Å². The van der Waals surface area contributed by atoms with E-state index in [2.05, 4.69) is 10.6 Å². The lowest BCUT2D eigenvalue weighted by molar-refractivity contribution is -0.119. The number of carbonyl (C=O) groups is 2. The van der Waals surface area contributed by atoms with Gasteiger partial charge in [0.15, 0.2) is 0 Å². The third kappa shape index (κ3) is 4.55. The fourth-order valence-corrected chi connectivity index (χ4v) is 2.15. The molecule has 1 heterocycles. The number of hydrogen-bond acceptors (Lipinski definition) is 3. The second kappa shape index (κ2) is 5.59.